The molecule has 0 aliphatic carbocycles. The first kappa shape index (κ1) is 21.2. The van der Waals surface area contributed by atoms with E-state index in [1.807, 2.05) is 46.7 Å². The van der Waals surface area contributed by atoms with Gasteiger partial charge in [-0.15, -0.1) is 0 Å². The van der Waals surface area contributed by atoms with Crippen molar-refractivity contribution in [3.8, 4) is 0 Å². The van der Waals surface area contributed by atoms with Crippen LogP contribution in [0.5, 0.6) is 0 Å². The molecule has 6 nitrogen and oxygen atoms in total. The molecule has 1 aliphatic heterocycles. The first-order chi connectivity index (χ1) is 13.1. The van der Waals surface area contributed by atoms with Crippen LogP contribution in [-0.4, -0.2) is 72.5 Å². The van der Waals surface area contributed by atoms with Gasteiger partial charge in [-0.1, -0.05) is 30.3 Å². The van der Waals surface area contributed by atoms with Gasteiger partial charge in [0.15, 0.2) is 0 Å². The van der Waals surface area contributed by atoms with E-state index >= 15 is 0 Å². The van der Waals surface area contributed by atoms with Crippen LogP contribution in [0.3, 0.4) is 0 Å². The van der Waals surface area contributed by atoms with Gasteiger partial charge in [0.05, 0.1) is 0 Å². The standard InChI is InChI=1S/C21H34N4O2/c1-3-23(4-2)21(27)25-15-11-19(12-16-25)20(26)24(17-13-22)14-10-18-8-6-5-7-9-18/h5-9,19H,3-4,10-17,22H2,1-2H3. The summed E-state index contributed by atoms with van der Waals surface area (Å²) >= 11 is 0. The maximum absolute atomic E-state index is 13.0. The number of amides is 3. The second-order valence-electron chi connectivity index (χ2n) is 7.07. The first-order valence-electron chi connectivity index (χ1n) is 10.2. The van der Waals surface area contributed by atoms with E-state index < -0.39 is 0 Å². The molecule has 0 radical (unpaired) electrons. The van der Waals surface area contributed by atoms with Crippen LogP contribution in [0.25, 0.3) is 0 Å². The lowest BCUT2D eigenvalue weighted by molar-refractivity contribution is -0.136. The van der Waals surface area contributed by atoms with Gasteiger partial charge in [0, 0.05) is 51.7 Å². The van der Waals surface area contributed by atoms with Gasteiger partial charge in [-0.25, -0.2) is 4.79 Å². The summed E-state index contributed by atoms with van der Waals surface area (Å²) in [6.45, 7) is 8.49. The summed E-state index contributed by atoms with van der Waals surface area (Å²) in [7, 11) is 0. The largest absolute Gasteiger partial charge is 0.341 e. The van der Waals surface area contributed by atoms with E-state index in [1.165, 1.54) is 5.56 Å². The SMILES string of the molecule is CCN(CC)C(=O)N1CCC(C(=O)N(CCN)CCc2ccccc2)CC1. The molecule has 6 heteroatoms. The van der Waals surface area contributed by atoms with Gasteiger partial charge >= 0.3 is 6.03 Å². The van der Waals surface area contributed by atoms with Gasteiger partial charge < -0.3 is 20.4 Å². The molecule has 1 aliphatic rings. The molecule has 2 rings (SSSR count). The summed E-state index contributed by atoms with van der Waals surface area (Å²) in [5.41, 5.74) is 6.97. The molecule has 1 heterocycles. The molecule has 27 heavy (non-hydrogen) atoms. The number of hydrogen-bond donors (Lipinski definition) is 1. The Morgan fingerprint density at radius 2 is 1.67 bits per heavy atom. The summed E-state index contributed by atoms with van der Waals surface area (Å²) in [4.78, 5) is 31.1. The zero-order chi connectivity index (χ0) is 19.6. The Hall–Kier alpha value is -2.08. The Morgan fingerprint density at radius 1 is 1.04 bits per heavy atom. The van der Waals surface area contributed by atoms with Crippen molar-refractivity contribution in [2.75, 3.05) is 45.8 Å². The van der Waals surface area contributed by atoms with E-state index in [0.29, 0.717) is 32.7 Å². The topological polar surface area (TPSA) is 69.9 Å². The average molecular weight is 375 g/mol. The number of carbonyl (C=O) groups excluding carboxylic acids is 2. The number of hydrogen-bond acceptors (Lipinski definition) is 3. The molecule has 0 spiro atoms. The highest BCUT2D eigenvalue weighted by atomic mass is 16.2. The fraction of sp³-hybridized carbons (Fsp3) is 0.619. The van der Waals surface area contributed by atoms with Gasteiger partial charge in [-0.2, -0.15) is 0 Å². The molecule has 0 atom stereocenters. The average Bonchev–Trinajstić information content (AvgIpc) is 2.72. The van der Waals surface area contributed by atoms with Gasteiger partial charge in [-0.3, -0.25) is 4.79 Å². The monoisotopic (exact) mass is 374 g/mol. The van der Waals surface area contributed by atoms with Crippen LogP contribution in [0.4, 0.5) is 4.79 Å². The van der Waals surface area contributed by atoms with Crippen molar-refractivity contribution in [1.82, 2.24) is 14.7 Å². The second-order valence-corrected chi connectivity index (χ2v) is 7.07. The number of benzene rings is 1. The van der Waals surface area contributed by atoms with Crippen LogP contribution in [-0.2, 0) is 11.2 Å². The summed E-state index contributed by atoms with van der Waals surface area (Å²) in [5, 5.41) is 0. The zero-order valence-corrected chi connectivity index (χ0v) is 16.8. The summed E-state index contributed by atoms with van der Waals surface area (Å²) in [5.74, 6) is 0.180. The molecular formula is C21H34N4O2. The number of likely N-dealkylation sites (tertiary alicyclic amines) is 1. The van der Waals surface area contributed by atoms with Crippen molar-refractivity contribution < 1.29 is 9.59 Å². The van der Waals surface area contributed by atoms with E-state index in [2.05, 4.69) is 12.1 Å². The molecule has 0 saturated carbocycles. The third-order valence-corrected chi connectivity index (χ3v) is 5.37. The Kier molecular flexibility index (Phi) is 8.58. The summed E-state index contributed by atoms with van der Waals surface area (Å²) in [6, 6.07) is 10.3. The van der Waals surface area contributed by atoms with Gasteiger partial charge in [-0.05, 0) is 38.7 Å². The highest BCUT2D eigenvalue weighted by Crippen LogP contribution is 2.21. The lowest BCUT2D eigenvalue weighted by atomic mass is 9.95. The van der Waals surface area contributed by atoms with Crippen molar-refractivity contribution in [3.63, 3.8) is 0 Å². The number of urea groups is 1. The van der Waals surface area contributed by atoms with Crippen LogP contribution in [0, 0.1) is 5.92 Å². The fourth-order valence-corrected chi connectivity index (χ4v) is 3.67. The minimum Gasteiger partial charge on any atom is -0.341 e. The van der Waals surface area contributed by atoms with Crippen LogP contribution < -0.4 is 5.73 Å². The Labute approximate surface area is 163 Å². The molecule has 1 aromatic rings. The van der Waals surface area contributed by atoms with Gasteiger partial charge in [0.2, 0.25) is 5.91 Å². The minimum absolute atomic E-state index is 0.00641. The predicted octanol–water partition coefficient (Wildman–Crippen LogP) is 2.19. The molecule has 0 unspecified atom stereocenters. The lowest BCUT2D eigenvalue weighted by Gasteiger charge is -2.36. The molecule has 1 aromatic carbocycles. The summed E-state index contributed by atoms with van der Waals surface area (Å²) < 4.78 is 0. The molecule has 0 bridgehead atoms. The van der Waals surface area contributed by atoms with Crippen molar-refractivity contribution >= 4 is 11.9 Å². The van der Waals surface area contributed by atoms with Crippen LogP contribution >= 0.6 is 0 Å². The van der Waals surface area contributed by atoms with E-state index in [4.69, 9.17) is 5.73 Å². The number of rotatable bonds is 8. The van der Waals surface area contributed by atoms with E-state index in [1.54, 1.807) is 0 Å². The second kappa shape index (κ2) is 10.9. The molecule has 1 fully saturated rings. The maximum atomic E-state index is 13.0. The molecule has 3 amide bonds. The fourth-order valence-electron chi connectivity index (χ4n) is 3.67. The van der Waals surface area contributed by atoms with Crippen molar-refractivity contribution in [2.24, 2.45) is 11.7 Å². The molecule has 2 N–H and O–H groups in total. The molecule has 0 aromatic heterocycles. The van der Waals surface area contributed by atoms with Crippen LogP contribution in [0.15, 0.2) is 30.3 Å². The number of nitrogens with two attached hydrogens (primary N) is 1. The van der Waals surface area contributed by atoms with Crippen LogP contribution in [0.2, 0.25) is 0 Å². The normalized spacial score (nSPS) is 14.9. The summed E-state index contributed by atoms with van der Waals surface area (Å²) in [6.07, 6.45) is 2.31. The minimum atomic E-state index is -0.00641. The first-order valence-corrected chi connectivity index (χ1v) is 10.2. The van der Waals surface area contributed by atoms with E-state index in [9.17, 15) is 9.59 Å². The number of carbonyl (C=O) groups is 2. The lowest BCUT2D eigenvalue weighted by Crippen LogP contribution is -2.49. The van der Waals surface area contributed by atoms with Gasteiger partial charge in [0.25, 0.3) is 0 Å². The molecule has 150 valence electrons. The Bertz CT molecular complexity index is 581. The number of piperidine rings is 1. The smallest absolute Gasteiger partial charge is 0.319 e. The molecule has 1 saturated heterocycles. The van der Waals surface area contributed by atoms with Crippen molar-refractivity contribution in [1.29, 1.82) is 0 Å². The quantitative estimate of drug-likeness (QED) is 0.758. The highest BCUT2D eigenvalue weighted by molar-refractivity contribution is 5.80. The Morgan fingerprint density at radius 3 is 2.22 bits per heavy atom. The maximum Gasteiger partial charge on any atom is 0.319 e. The highest BCUT2D eigenvalue weighted by Gasteiger charge is 2.31. The molecular weight excluding hydrogens is 340 g/mol. The van der Waals surface area contributed by atoms with Crippen LogP contribution in [0.1, 0.15) is 32.3 Å². The predicted molar refractivity (Wildman–Crippen MR) is 108 cm³/mol. The van der Waals surface area contributed by atoms with Gasteiger partial charge in [0.1, 0.15) is 0 Å². The number of nitrogens with zero attached hydrogens (tertiary/aromatic N) is 3. The van der Waals surface area contributed by atoms with Crippen molar-refractivity contribution in [2.45, 2.75) is 33.1 Å². The Balaban J connectivity index is 1.88. The van der Waals surface area contributed by atoms with Crippen molar-refractivity contribution in [3.05, 3.63) is 35.9 Å². The third kappa shape index (κ3) is 5.96. The van der Waals surface area contributed by atoms with E-state index in [-0.39, 0.29) is 17.9 Å². The van der Waals surface area contributed by atoms with E-state index in [0.717, 1.165) is 32.4 Å². The third-order valence-electron chi connectivity index (χ3n) is 5.37. The zero-order valence-electron chi connectivity index (χ0n) is 16.8.